The molecule has 0 aliphatic heterocycles. The zero-order valence-electron chi connectivity index (χ0n) is 16.6. The Hall–Kier alpha value is -3.21. The number of aryl methyl sites for hydroxylation is 3. The highest BCUT2D eigenvalue weighted by Gasteiger charge is 2.22. The van der Waals surface area contributed by atoms with Gasteiger partial charge in [-0.25, -0.2) is 0 Å². The average molecular weight is 387 g/mol. The van der Waals surface area contributed by atoms with E-state index in [-0.39, 0.29) is 23.1 Å². The van der Waals surface area contributed by atoms with E-state index in [9.17, 15) is 9.59 Å². The molecule has 0 bridgehead atoms. The molecule has 2 N–H and O–H groups in total. The first-order valence-corrected chi connectivity index (χ1v) is 10.1. The zero-order valence-corrected chi connectivity index (χ0v) is 16.6. The molecule has 0 spiro atoms. The number of fused-ring (bicyclic) bond motifs is 1. The SMILES string of the molecule is Cc1ccccc1C(NC(=O)c1cc2c([nH]c1=O)CCCCC2)c1ccncc1. The zero-order chi connectivity index (χ0) is 20.2. The number of hydrogen-bond acceptors (Lipinski definition) is 3. The summed E-state index contributed by atoms with van der Waals surface area (Å²) >= 11 is 0. The molecule has 0 radical (unpaired) electrons. The number of rotatable bonds is 4. The average Bonchev–Trinajstić information content (AvgIpc) is 2.97. The quantitative estimate of drug-likeness (QED) is 0.668. The molecule has 1 aliphatic rings. The van der Waals surface area contributed by atoms with Gasteiger partial charge in [-0.15, -0.1) is 0 Å². The highest BCUT2D eigenvalue weighted by molar-refractivity contribution is 5.94. The molecule has 0 saturated heterocycles. The van der Waals surface area contributed by atoms with Crippen LogP contribution in [0.1, 0.15) is 63.6 Å². The molecule has 1 aromatic carbocycles. The topological polar surface area (TPSA) is 74.8 Å². The van der Waals surface area contributed by atoms with Crippen molar-refractivity contribution in [1.82, 2.24) is 15.3 Å². The lowest BCUT2D eigenvalue weighted by Crippen LogP contribution is -2.34. The molecule has 29 heavy (non-hydrogen) atoms. The van der Waals surface area contributed by atoms with Crippen LogP contribution < -0.4 is 10.9 Å². The molecule has 5 heteroatoms. The minimum Gasteiger partial charge on any atom is -0.341 e. The standard InChI is InChI=1S/C24H25N3O2/c1-16-7-5-6-9-19(16)22(17-11-13-25-14-12-17)27-24(29)20-15-18-8-3-2-4-10-21(18)26-23(20)28/h5-7,9,11-15,22H,2-4,8,10H2,1H3,(H,26,28)(H,27,29). The summed E-state index contributed by atoms with van der Waals surface area (Å²) in [5, 5.41) is 3.08. The molecule has 1 unspecified atom stereocenters. The number of nitrogens with zero attached hydrogens (tertiary/aromatic N) is 1. The van der Waals surface area contributed by atoms with Gasteiger partial charge in [-0.05, 0) is 73.1 Å². The van der Waals surface area contributed by atoms with Crippen molar-refractivity contribution in [2.24, 2.45) is 0 Å². The number of pyridine rings is 2. The number of H-pyrrole nitrogens is 1. The van der Waals surface area contributed by atoms with Crippen LogP contribution in [0.3, 0.4) is 0 Å². The van der Waals surface area contributed by atoms with Crippen molar-refractivity contribution in [1.29, 1.82) is 0 Å². The molecule has 1 aliphatic carbocycles. The number of benzene rings is 1. The van der Waals surface area contributed by atoms with Gasteiger partial charge < -0.3 is 10.3 Å². The van der Waals surface area contributed by atoms with Crippen molar-refractivity contribution < 1.29 is 4.79 Å². The van der Waals surface area contributed by atoms with Gasteiger partial charge in [0.1, 0.15) is 5.56 Å². The van der Waals surface area contributed by atoms with Crippen molar-refractivity contribution in [3.05, 3.63) is 98.7 Å². The lowest BCUT2D eigenvalue weighted by molar-refractivity contribution is 0.0941. The Balaban J connectivity index is 1.70. The van der Waals surface area contributed by atoms with E-state index in [1.54, 1.807) is 18.5 Å². The van der Waals surface area contributed by atoms with Gasteiger partial charge in [-0.2, -0.15) is 0 Å². The van der Waals surface area contributed by atoms with Gasteiger partial charge in [-0.1, -0.05) is 30.7 Å². The maximum Gasteiger partial charge on any atom is 0.261 e. The molecule has 2 aromatic heterocycles. The predicted octanol–water partition coefficient (Wildman–Crippen LogP) is 3.87. The van der Waals surface area contributed by atoms with E-state index in [0.717, 1.165) is 60.1 Å². The van der Waals surface area contributed by atoms with Gasteiger partial charge in [0, 0.05) is 18.1 Å². The Morgan fingerprint density at radius 3 is 2.62 bits per heavy atom. The van der Waals surface area contributed by atoms with Gasteiger partial charge in [0.05, 0.1) is 6.04 Å². The van der Waals surface area contributed by atoms with Crippen LogP contribution in [0, 0.1) is 6.92 Å². The monoisotopic (exact) mass is 387 g/mol. The number of hydrogen-bond donors (Lipinski definition) is 2. The van der Waals surface area contributed by atoms with Crippen LogP contribution >= 0.6 is 0 Å². The minimum absolute atomic E-state index is 0.179. The number of nitrogens with one attached hydrogen (secondary N) is 2. The van der Waals surface area contributed by atoms with Gasteiger partial charge in [0.25, 0.3) is 11.5 Å². The molecular weight excluding hydrogens is 362 g/mol. The van der Waals surface area contributed by atoms with Crippen molar-refractivity contribution in [2.45, 2.75) is 45.1 Å². The van der Waals surface area contributed by atoms with Crippen molar-refractivity contribution in [2.75, 3.05) is 0 Å². The summed E-state index contributed by atoms with van der Waals surface area (Å²) in [6, 6.07) is 13.2. The second kappa shape index (κ2) is 8.43. The molecule has 3 aromatic rings. The Bertz CT molecular complexity index is 1070. The first kappa shape index (κ1) is 19.1. The molecule has 148 valence electrons. The van der Waals surface area contributed by atoms with Crippen molar-refractivity contribution in [3.8, 4) is 0 Å². The normalized spacial score (nSPS) is 14.5. The summed E-state index contributed by atoms with van der Waals surface area (Å²) < 4.78 is 0. The van der Waals surface area contributed by atoms with Crippen LogP contribution in [0.2, 0.25) is 0 Å². The number of aromatic nitrogens is 2. The molecule has 0 fully saturated rings. The van der Waals surface area contributed by atoms with Gasteiger partial charge in [0.15, 0.2) is 0 Å². The molecule has 1 atom stereocenters. The summed E-state index contributed by atoms with van der Waals surface area (Å²) in [5.74, 6) is -0.358. The van der Waals surface area contributed by atoms with Crippen LogP contribution in [-0.2, 0) is 12.8 Å². The van der Waals surface area contributed by atoms with E-state index < -0.39 is 0 Å². The van der Waals surface area contributed by atoms with E-state index in [4.69, 9.17) is 0 Å². The van der Waals surface area contributed by atoms with Crippen LogP contribution in [0.15, 0.2) is 59.7 Å². The Kier molecular flexibility index (Phi) is 5.56. The third-order valence-corrected chi connectivity index (χ3v) is 5.65. The summed E-state index contributed by atoms with van der Waals surface area (Å²) in [6.45, 7) is 2.02. The minimum atomic E-state index is -0.358. The molecular formula is C24H25N3O2. The van der Waals surface area contributed by atoms with E-state index >= 15 is 0 Å². The highest BCUT2D eigenvalue weighted by Crippen LogP contribution is 2.25. The van der Waals surface area contributed by atoms with Crippen molar-refractivity contribution in [3.63, 3.8) is 0 Å². The highest BCUT2D eigenvalue weighted by atomic mass is 16.2. The van der Waals surface area contributed by atoms with E-state index in [2.05, 4.69) is 15.3 Å². The van der Waals surface area contributed by atoms with E-state index in [1.165, 1.54) is 0 Å². The largest absolute Gasteiger partial charge is 0.341 e. The van der Waals surface area contributed by atoms with Crippen molar-refractivity contribution >= 4 is 5.91 Å². The number of aromatic amines is 1. The first-order valence-electron chi connectivity index (χ1n) is 10.1. The third-order valence-electron chi connectivity index (χ3n) is 5.65. The Labute approximate surface area is 170 Å². The lowest BCUT2D eigenvalue weighted by Gasteiger charge is -2.21. The summed E-state index contributed by atoms with van der Waals surface area (Å²) in [7, 11) is 0. The van der Waals surface area contributed by atoms with Crippen LogP contribution in [-0.4, -0.2) is 15.9 Å². The first-order chi connectivity index (χ1) is 14.1. The third kappa shape index (κ3) is 4.14. The summed E-state index contributed by atoms with van der Waals surface area (Å²) in [6.07, 6.45) is 8.50. The van der Waals surface area contributed by atoms with Gasteiger partial charge in [0.2, 0.25) is 0 Å². The molecule has 5 nitrogen and oxygen atoms in total. The molecule has 2 heterocycles. The fourth-order valence-electron chi connectivity index (χ4n) is 4.04. The van der Waals surface area contributed by atoms with Crippen LogP contribution in [0.4, 0.5) is 0 Å². The van der Waals surface area contributed by atoms with Gasteiger partial charge in [-0.3, -0.25) is 14.6 Å². The number of carbonyl (C=O) groups excluding carboxylic acids is 1. The van der Waals surface area contributed by atoms with Gasteiger partial charge >= 0.3 is 0 Å². The maximum absolute atomic E-state index is 13.2. The fourth-order valence-corrected chi connectivity index (χ4v) is 4.04. The predicted molar refractivity (Wildman–Crippen MR) is 113 cm³/mol. The van der Waals surface area contributed by atoms with E-state index in [1.807, 2.05) is 43.3 Å². The smallest absolute Gasteiger partial charge is 0.261 e. The molecule has 4 rings (SSSR count). The van der Waals surface area contributed by atoms with Crippen LogP contribution in [0.5, 0.6) is 0 Å². The Morgan fingerprint density at radius 2 is 1.83 bits per heavy atom. The number of amides is 1. The second-order valence-electron chi connectivity index (χ2n) is 7.62. The van der Waals surface area contributed by atoms with E-state index in [0.29, 0.717) is 0 Å². The molecule has 0 saturated carbocycles. The second-order valence-corrected chi connectivity index (χ2v) is 7.62. The Morgan fingerprint density at radius 1 is 1.07 bits per heavy atom. The van der Waals surface area contributed by atoms with Crippen LogP contribution in [0.25, 0.3) is 0 Å². The summed E-state index contributed by atoms with van der Waals surface area (Å²) in [5.41, 5.74) is 4.93. The fraction of sp³-hybridized carbons (Fsp3) is 0.292. The lowest BCUT2D eigenvalue weighted by atomic mass is 9.95. The molecule has 1 amide bonds. The number of carbonyl (C=O) groups is 1. The maximum atomic E-state index is 13.2. The summed E-state index contributed by atoms with van der Waals surface area (Å²) in [4.78, 5) is 32.8.